The van der Waals surface area contributed by atoms with E-state index in [-0.39, 0.29) is 25.5 Å². The van der Waals surface area contributed by atoms with Gasteiger partial charge in [-0.3, -0.25) is 20.4 Å². The number of hydrazine groups is 1. The van der Waals surface area contributed by atoms with E-state index < -0.39 is 5.91 Å². The highest BCUT2D eigenvalue weighted by Crippen LogP contribution is 2.18. The van der Waals surface area contributed by atoms with Crippen molar-refractivity contribution in [1.82, 2.24) is 10.9 Å². The first kappa shape index (κ1) is 19.3. The lowest BCUT2D eigenvalue weighted by Gasteiger charge is -2.10. The van der Waals surface area contributed by atoms with E-state index >= 15 is 0 Å². The van der Waals surface area contributed by atoms with Crippen molar-refractivity contribution in [3.05, 3.63) is 60.2 Å². The van der Waals surface area contributed by atoms with Gasteiger partial charge in [-0.15, -0.1) is 0 Å². The molecule has 0 bridgehead atoms. The lowest BCUT2D eigenvalue weighted by Crippen LogP contribution is -2.44. The molecule has 0 aliphatic rings. The third-order valence-electron chi connectivity index (χ3n) is 3.60. The van der Waals surface area contributed by atoms with Crippen LogP contribution in [-0.4, -0.2) is 25.0 Å². The zero-order valence-electron chi connectivity index (χ0n) is 15.0. The molecule has 138 valence electrons. The maximum atomic E-state index is 11.7. The minimum atomic E-state index is -0.435. The highest BCUT2D eigenvalue weighted by Gasteiger charge is 2.06. The number of carbonyl (C=O) groups excluding carboxylic acids is 2. The van der Waals surface area contributed by atoms with Gasteiger partial charge in [0.25, 0.3) is 5.91 Å². The Morgan fingerprint density at radius 3 is 2.12 bits per heavy atom. The van der Waals surface area contributed by atoms with Crippen molar-refractivity contribution in [2.75, 3.05) is 13.2 Å². The third-order valence-corrected chi connectivity index (χ3v) is 3.60. The monoisotopic (exact) mass is 356 g/mol. The van der Waals surface area contributed by atoms with Gasteiger partial charge in [-0.2, -0.15) is 0 Å². The summed E-state index contributed by atoms with van der Waals surface area (Å²) in [5.74, 6) is 0.965. The number of hydrogen-bond donors (Lipinski definition) is 2. The predicted molar refractivity (Wildman–Crippen MR) is 98.9 cm³/mol. The van der Waals surface area contributed by atoms with Gasteiger partial charge in [0.15, 0.2) is 6.61 Å². The summed E-state index contributed by atoms with van der Waals surface area (Å²) in [4.78, 5) is 23.4. The Morgan fingerprint density at radius 2 is 1.46 bits per heavy atom. The van der Waals surface area contributed by atoms with Crippen molar-refractivity contribution in [2.45, 2.75) is 26.2 Å². The van der Waals surface area contributed by atoms with Crippen LogP contribution in [0.3, 0.4) is 0 Å². The van der Waals surface area contributed by atoms with E-state index in [2.05, 4.69) is 24.7 Å². The third kappa shape index (κ3) is 6.84. The molecule has 0 fully saturated rings. The molecule has 2 amide bonds. The fraction of sp³-hybridized carbons (Fsp3) is 0.300. The maximum absolute atomic E-state index is 11.7. The molecular formula is C20H24N2O4. The van der Waals surface area contributed by atoms with Gasteiger partial charge in [-0.1, -0.05) is 44.2 Å². The van der Waals surface area contributed by atoms with Gasteiger partial charge in [0.05, 0.1) is 13.0 Å². The number of nitrogens with one attached hydrogen (secondary N) is 2. The number of carbonyl (C=O) groups is 2. The Morgan fingerprint density at radius 1 is 0.846 bits per heavy atom. The largest absolute Gasteiger partial charge is 0.493 e. The van der Waals surface area contributed by atoms with Crippen LogP contribution in [0, 0.1) is 0 Å². The summed E-state index contributed by atoms with van der Waals surface area (Å²) >= 11 is 0. The van der Waals surface area contributed by atoms with Crippen LogP contribution >= 0.6 is 0 Å². The van der Waals surface area contributed by atoms with Crippen molar-refractivity contribution < 1.29 is 19.1 Å². The van der Waals surface area contributed by atoms with E-state index in [0.29, 0.717) is 17.4 Å². The number of para-hydroxylation sites is 1. The van der Waals surface area contributed by atoms with Crippen molar-refractivity contribution in [3.63, 3.8) is 0 Å². The van der Waals surface area contributed by atoms with Crippen LogP contribution in [-0.2, 0) is 9.59 Å². The van der Waals surface area contributed by atoms with E-state index in [0.717, 1.165) is 0 Å². The summed E-state index contributed by atoms with van der Waals surface area (Å²) in [6.07, 6.45) is 0.132. The summed E-state index contributed by atoms with van der Waals surface area (Å²) in [5.41, 5.74) is 5.84. The van der Waals surface area contributed by atoms with Crippen LogP contribution < -0.4 is 20.3 Å². The Balaban J connectivity index is 1.61. The average molecular weight is 356 g/mol. The number of hydrogen-bond acceptors (Lipinski definition) is 4. The fourth-order valence-electron chi connectivity index (χ4n) is 2.11. The minimum Gasteiger partial charge on any atom is -0.493 e. The van der Waals surface area contributed by atoms with Crippen LogP contribution in [0.25, 0.3) is 0 Å². The first-order chi connectivity index (χ1) is 12.5. The minimum absolute atomic E-state index is 0.132. The summed E-state index contributed by atoms with van der Waals surface area (Å²) in [6.45, 7) is 4.26. The Kier molecular flexibility index (Phi) is 7.49. The van der Waals surface area contributed by atoms with Gasteiger partial charge in [0.2, 0.25) is 5.91 Å². The SMILES string of the molecule is CC(C)c1ccc(OCC(=O)NNC(=O)CCOc2ccccc2)cc1. The van der Waals surface area contributed by atoms with E-state index in [9.17, 15) is 9.59 Å². The maximum Gasteiger partial charge on any atom is 0.276 e. The van der Waals surface area contributed by atoms with E-state index in [4.69, 9.17) is 9.47 Å². The molecule has 0 aromatic heterocycles. The fourth-order valence-corrected chi connectivity index (χ4v) is 2.11. The number of rotatable bonds is 8. The van der Waals surface area contributed by atoms with E-state index in [1.54, 1.807) is 0 Å². The molecule has 2 aromatic rings. The summed E-state index contributed by atoms with van der Waals surface area (Å²) in [7, 11) is 0. The summed E-state index contributed by atoms with van der Waals surface area (Å²) in [6, 6.07) is 16.8. The number of amides is 2. The molecule has 0 spiro atoms. The van der Waals surface area contributed by atoms with Crippen LogP contribution in [0.5, 0.6) is 11.5 Å². The molecule has 0 saturated heterocycles. The first-order valence-corrected chi connectivity index (χ1v) is 8.53. The first-order valence-electron chi connectivity index (χ1n) is 8.53. The molecule has 2 aromatic carbocycles. The van der Waals surface area contributed by atoms with Crippen molar-refractivity contribution in [2.24, 2.45) is 0 Å². The molecule has 0 aliphatic carbocycles. The number of ether oxygens (including phenoxy) is 2. The molecule has 0 radical (unpaired) electrons. The van der Waals surface area contributed by atoms with Crippen LogP contribution in [0.1, 0.15) is 31.7 Å². The molecular weight excluding hydrogens is 332 g/mol. The van der Waals surface area contributed by atoms with Crippen molar-refractivity contribution >= 4 is 11.8 Å². The van der Waals surface area contributed by atoms with Crippen LogP contribution in [0.4, 0.5) is 0 Å². The second-order valence-corrected chi connectivity index (χ2v) is 6.02. The second-order valence-electron chi connectivity index (χ2n) is 6.02. The van der Waals surface area contributed by atoms with Gasteiger partial charge < -0.3 is 9.47 Å². The lowest BCUT2D eigenvalue weighted by atomic mass is 10.0. The summed E-state index contributed by atoms with van der Waals surface area (Å²) in [5, 5.41) is 0. The van der Waals surface area contributed by atoms with Gasteiger partial charge in [-0.25, -0.2) is 0 Å². The molecule has 6 heteroatoms. The molecule has 6 nitrogen and oxygen atoms in total. The average Bonchev–Trinajstić information content (AvgIpc) is 2.66. The topological polar surface area (TPSA) is 76.7 Å². The molecule has 2 rings (SSSR count). The highest BCUT2D eigenvalue weighted by atomic mass is 16.5. The van der Waals surface area contributed by atoms with E-state index in [1.807, 2.05) is 54.6 Å². The normalized spacial score (nSPS) is 10.3. The molecule has 2 N–H and O–H groups in total. The molecule has 0 unspecified atom stereocenters. The molecule has 0 atom stereocenters. The number of benzene rings is 2. The van der Waals surface area contributed by atoms with Crippen LogP contribution in [0.15, 0.2) is 54.6 Å². The zero-order valence-corrected chi connectivity index (χ0v) is 15.0. The van der Waals surface area contributed by atoms with E-state index in [1.165, 1.54) is 5.56 Å². The second kappa shape index (κ2) is 10.1. The Labute approximate surface area is 153 Å². The standard InChI is InChI=1S/C20H24N2O4/c1-15(2)16-8-10-18(11-9-16)26-14-20(24)22-21-19(23)12-13-25-17-6-4-3-5-7-17/h3-11,15H,12-14H2,1-2H3,(H,21,23)(H,22,24). The molecule has 0 aliphatic heterocycles. The Bertz CT molecular complexity index is 700. The van der Waals surface area contributed by atoms with Gasteiger partial charge in [0.1, 0.15) is 11.5 Å². The quantitative estimate of drug-likeness (QED) is 0.713. The zero-order chi connectivity index (χ0) is 18.8. The van der Waals surface area contributed by atoms with Crippen molar-refractivity contribution in [3.8, 4) is 11.5 Å². The summed E-state index contributed by atoms with van der Waals surface area (Å²) < 4.78 is 10.8. The lowest BCUT2D eigenvalue weighted by molar-refractivity contribution is -0.130. The molecule has 0 saturated carbocycles. The van der Waals surface area contributed by atoms with Crippen LogP contribution in [0.2, 0.25) is 0 Å². The molecule has 26 heavy (non-hydrogen) atoms. The highest BCUT2D eigenvalue weighted by molar-refractivity contribution is 5.82. The molecule has 0 heterocycles. The Hall–Kier alpha value is -3.02. The van der Waals surface area contributed by atoms with Gasteiger partial charge in [0, 0.05) is 0 Å². The van der Waals surface area contributed by atoms with Crippen molar-refractivity contribution in [1.29, 1.82) is 0 Å². The smallest absolute Gasteiger partial charge is 0.276 e. The van der Waals surface area contributed by atoms with Gasteiger partial charge >= 0.3 is 0 Å². The predicted octanol–water partition coefficient (Wildman–Crippen LogP) is 2.81. The van der Waals surface area contributed by atoms with Gasteiger partial charge in [-0.05, 0) is 35.7 Å².